The fraction of sp³-hybridized carbons (Fsp3) is 0.538. The second kappa shape index (κ2) is 4.77. The fourth-order valence-corrected chi connectivity index (χ4v) is 2.58. The molecule has 1 fully saturated rings. The lowest BCUT2D eigenvalue weighted by atomic mass is 10.0. The number of anilines is 1. The lowest BCUT2D eigenvalue weighted by Gasteiger charge is -2.42. The van der Waals surface area contributed by atoms with Gasteiger partial charge in [0.2, 0.25) is 5.82 Å². The lowest BCUT2D eigenvalue weighted by Crippen LogP contribution is -2.52. The summed E-state index contributed by atoms with van der Waals surface area (Å²) in [6.45, 7) is 6.73. The minimum atomic E-state index is -0.806. The molecule has 0 amide bonds. The van der Waals surface area contributed by atoms with Crippen LogP contribution in [-0.4, -0.2) is 29.7 Å². The van der Waals surface area contributed by atoms with Crippen molar-refractivity contribution in [3.8, 4) is 0 Å². The Hall–Kier alpha value is -1.69. The van der Waals surface area contributed by atoms with Gasteiger partial charge in [-0.15, -0.1) is 0 Å². The van der Waals surface area contributed by atoms with Crippen LogP contribution in [0.5, 0.6) is 0 Å². The highest BCUT2D eigenvalue weighted by molar-refractivity contribution is 5.64. The molecule has 1 aliphatic rings. The number of rotatable bonds is 2. The first-order valence-electron chi connectivity index (χ1n) is 6.16. The molecule has 2 rings (SSSR count). The third-order valence-corrected chi connectivity index (χ3v) is 3.06. The maximum Gasteiger partial charge on any atom is 0.327 e. The van der Waals surface area contributed by atoms with Gasteiger partial charge in [-0.05, 0) is 32.9 Å². The van der Waals surface area contributed by atoms with Gasteiger partial charge < -0.3 is 9.64 Å². The summed E-state index contributed by atoms with van der Waals surface area (Å²) in [5, 5.41) is 11.0. The van der Waals surface area contributed by atoms with Crippen molar-refractivity contribution in [3.63, 3.8) is 0 Å². The number of benzene rings is 1. The van der Waals surface area contributed by atoms with Gasteiger partial charge >= 0.3 is 5.69 Å². The summed E-state index contributed by atoms with van der Waals surface area (Å²) in [6.07, 6.45) is -0.0633. The van der Waals surface area contributed by atoms with Gasteiger partial charge in [0, 0.05) is 13.1 Å². The number of hydrogen-bond donors (Lipinski definition) is 0. The molecule has 1 aromatic carbocycles. The molecule has 0 radical (unpaired) electrons. The normalized spacial score (nSPS) is 22.3. The molecule has 1 aliphatic heterocycles. The highest BCUT2D eigenvalue weighted by Crippen LogP contribution is 2.34. The molecule has 1 saturated heterocycles. The molecule has 104 valence electrons. The highest BCUT2D eigenvalue weighted by atomic mass is 19.1. The predicted octanol–water partition coefficient (Wildman–Crippen LogP) is 2.74. The molecule has 0 saturated carbocycles. The number of halogens is 1. The topological polar surface area (TPSA) is 55.6 Å². The highest BCUT2D eigenvalue weighted by Gasteiger charge is 2.34. The van der Waals surface area contributed by atoms with Crippen molar-refractivity contribution >= 4 is 11.4 Å². The van der Waals surface area contributed by atoms with Gasteiger partial charge in [0.1, 0.15) is 5.69 Å². The summed E-state index contributed by atoms with van der Waals surface area (Å²) in [5.74, 6) is -0.806. The van der Waals surface area contributed by atoms with E-state index in [0.29, 0.717) is 18.8 Å². The largest absolute Gasteiger partial charge is 0.369 e. The van der Waals surface area contributed by atoms with E-state index < -0.39 is 22.0 Å². The van der Waals surface area contributed by atoms with Crippen LogP contribution >= 0.6 is 0 Å². The number of nitrogens with zero attached hydrogens (tertiary/aromatic N) is 2. The Kier molecular flexibility index (Phi) is 3.45. The zero-order valence-corrected chi connectivity index (χ0v) is 11.2. The van der Waals surface area contributed by atoms with E-state index >= 15 is 0 Å². The Balaban J connectivity index is 2.41. The van der Waals surface area contributed by atoms with Gasteiger partial charge in [-0.2, -0.15) is 4.39 Å². The van der Waals surface area contributed by atoms with Crippen LogP contribution in [0.2, 0.25) is 0 Å². The molecule has 5 nitrogen and oxygen atoms in total. The monoisotopic (exact) mass is 268 g/mol. The van der Waals surface area contributed by atoms with Gasteiger partial charge in [0.15, 0.2) is 0 Å². The van der Waals surface area contributed by atoms with E-state index in [2.05, 4.69) is 0 Å². The number of nitro benzene ring substituents is 1. The minimum absolute atomic E-state index is 0.0633. The van der Waals surface area contributed by atoms with E-state index in [0.717, 1.165) is 6.07 Å². The van der Waals surface area contributed by atoms with Crippen molar-refractivity contribution in [2.24, 2.45) is 0 Å². The molecule has 19 heavy (non-hydrogen) atoms. The maximum atomic E-state index is 13.6. The number of nitro groups is 1. The Labute approximate surface area is 111 Å². The van der Waals surface area contributed by atoms with E-state index in [-0.39, 0.29) is 6.10 Å². The molecule has 1 aromatic rings. The summed E-state index contributed by atoms with van der Waals surface area (Å²) in [6, 6.07) is 4.18. The molecule has 0 N–H and O–H groups in total. The van der Waals surface area contributed by atoms with Crippen LogP contribution in [0.1, 0.15) is 20.8 Å². The van der Waals surface area contributed by atoms with Crippen LogP contribution in [0.4, 0.5) is 15.8 Å². The molecule has 0 aliphatic carbocycles. The summed E-state index contributed by atoms with van der Waals surface area (Å²) < 4.78 is 19.4. The molecule has 1 heterocycles. The zero-order valence-electron chi connectivity index (χ0n) is 11.2. The third kappa shape index (κ3) is 2.84. The predicted molar refractivity (Wildman–Crippen MR) is 69.9 cm³/mol. The first-order chi connectivity index (χ1) is 8.80. The van der Waals surface area contributed by atoms with Crippen molar-refractivity contribution < 1.29 is 14.1 Å². The third-order valence-electron chi connectivity index (χ3n) is 3.06. The van der Waals surface area contributed by atoms with E-state index in [1.54, 1.807) is 6.07 Å². The van der Waals surface area contributed by atoms with Crippen molar-refractivity contribution in [1.82, 2.24) is 0 Å². The van der Waals surface area contributed by atoms with Crippen LogP contribution in [0.3, 0.4) is 0 Å². The minimum Gasteiger partial charge on any atom is -0.369 e. The molecule has 0 spiro atoms. The Morgan fingerprint density at radius 3 is 2.79 bits per heavy atom. The second-order valence-electron chi connectivity index (χ2n) is 5.43. The molecular weight excluding hydrogens is 251 g/mol. The smallest absolute Gasteiger partial charge is 0.327 e. The number of hydrogen-bond acceptors (Lipinski definition) is 4. The first-order valence-corrected chi connectivity index (χ1v) is 6.16. The quantitative estimate of drug-likeness (QED) is 0.611. The van der Waals surface area contributed by atoms with Gasteiger partial charge in [-0.3, -0.25) is 10.1 Å². The molecule has 1 unspecified atom stereocenters. The van der Waals surface area contributed by atoms with Gasteiger partial charge in [-0.1, -0.05) is 6.07 Å². The van der Waals surface area contributed by atoms with Crippen molar-refractivity contribution in [1.29, 1.82) is 0 Å². The van der Waals surface area contributed by atoms with E-state index in [9.17, 15) is 14.5 Å². The molecular formula is C13H17FN2O3. The van der Waals surface area contributed by atoms with Gasteiger partial charge in [0.05, 0.1) is 16.6 Å². The van der Waals surface area contributed by atoms with Gasteiger partial charge in [-0.25, -0.2) is 0 Å². The van der Waals surface area contributed by atoms with Crippen molar-refractivity contribution in [2.75, 3.05) is 18.0 Å². The zero-order chi connectivity index (χ0) is 14.2. The van der Waals surface area contributed by atoms with Crippen LogP contribution in [0.25, 0.3) is 0 Å². The summed E-state index contributed by atoms with van der Waals surface area (Å²) in [7, 11) is 0. The molecule has 0 bridgehead atoms. The van der Waals surface area contributed by atoms with E-state index in [4.69, 9.17) is 4.74 Å². The van der Waals surface area contributed by atoms with Crippen LogP contribution in [-0.2, 0) is 4.74 Å². The maximum absolute atomic E-state index is 13.6. The molecule has 1 atom stereocenters. The Bertz CT molecular complexity index is 505. The SMILES string of the molecule is CC1CN(c2cccc(F)c2[N+](=O)[O-])CC(C)(C)O1. The Morgan fingerprint density at radius 2 is 2.21 bits per heavy atom. The number of morpholine rings is 1. The van der Waals surface area contributed by atoms with Crippen LogP contribution < -0.4 is 4.90 Å². The Morgan fingerprint density at radius 1 is 1.53 bits per heavy atom. The number of para-hydroxylation sites is 1. The first kappa shape index (κ1) is 13.7. The summed E-state index contributed by atoms with van der Waals surface area (Å²) in [5.41, 5.74) is -0.571. The van der Waals surface area contributed by atoms with Crippen molar-refractivity contribution in [3.05, 3.63) is 34.1 Å². The summed E-state index contributed by atoms with van der Waals surface area (Å²) in [4.78, 5) is 12.2. The van der Waals surface area contributed by atoms with Gasteiger partial charge in [0.25, 0.3) is 0 Å². The fourth-order valence-electron chi connectivity index (χ4n) is 2.58. The average molecular weight is 268 g/mol. The second-order valence-corrected chi connectivity index (χ2v) is 5.43. The van der Waals surface area contributed by atoms with E-state index in [1.807, 2.05) is 25.7 Å². The molecule has 0 aromatic heterocycles. The summed E-state index contributed by atoms with van der Waals surface area (Å²) >= 11 is 0. The number of ether oxygens (including phenoxy) is 1. The van der Waals surface area contributed by atoms with Crippen LogP contribution in [0.15, 0.2) is 18.2 Å². The van der Waals surface area contributed by atoms with E-state index in [1.165, 1.54) is 6.07 Å². The molecule has 6 heteroatoms. The van der Waals surface area contributed by atoms with Crippen molar-refractivity contribution in [2.45, 2.75) is 32.5 Å². The lowest BCUT2D eigenvalue weighted by molar-refractivity contribution is -0.386. The standard InChI is InChI=1S/C13H17FN2O3/c1-9-7-15(8-13(2,3)19-9)11-6-4-5-10(14)12(11)16(17)18/h4-6,9H,7-8H2,1-3H3. The van der Waals surface area contributed by atoms with Crippen LogP contribution in [0, 0.1) is 15.9 Å². The average Bonchev–Trinajstić information content (AvgIpc) is 2.25.